The largest absolute Gasteiger partial charge is 0.381 e. The van der Waals surface area contributed by atoms with Crippen LogP contribution in [0.4, 0.5) is 0 Å². The lowest BCUT2D eigenvalue weighted by molar-refractivity contribution is -0.125. The second kappa shape index (κ2) is 5.90. The average molecular weight is 286 g/mol. The molecule has 2 heterocycles. The molecule has 1 saturated heterocycles. The molecule has 0 saturated carbocycles. The SMILES string of the molecule is CC(Cc1cn(C)c2ccccc12)NC(=O)C1CCOC1. The highest BCUT2D eigenvalue weighted by molar-refractivity contribution is 5.84. The van der Waals surface area contributed by atoms with Gasteiger partial charge in [0.25, 0.3) is 0 Å². The number of fused-ring (bicyclic) bond motifs is 1. The molecule has 0 radical (unpaired) electrons. The van der Waals surface area contributed by atoms with Gasteiger partial charge in [0.15, 0.2) is 0 Å². The molecule has 1 aromatic carbocycles. The van der Waals surface area contributed by atoms with Crippen molar-refractivity contribution in [2.75, 3.05) is 13.2 Å². The number of hydrogen-bond donors (Lipinski definition) is 1. The Morgan fingerprint density at radius 2 is 2.29 bits per heavy atom. The Morgan fingerprint density at radius 3 is 3.05 bits per heavy atom. The van der Waals surface area contributed by atoms with Crippen molar-refractivity contribution in [2.24, 2.45) is 13.0 Å². The van der Waals surface area contributed by atoms with Gasteiger partial charge in [-0.25, -0.2) is 0 Å². The van der Waals surface area contributed by atoms with E-state index in [1.54, 1.807) is 0 Å². The molecule has 0 bridgehead atoms. The molecular weight excluding hydrogens is 264 g/mol. The first kappa shape index (κ1) is 14.1. The minimum Gasteiger partial charge on any atom is -0.381 e. The van der Waals surface area contributed by atoms with E-state index in [9.17, 15) is 4.79 Å². The van der Waals surface area contributed by atoms with E-state index < -0.39 is 0 Å². The number of rotatable bonds is 4. The van der Waals surface area contributed by atoms with Gasteiger partial charge < -0.3 is 14.6 Å². The number of amides is 1. The summed E-state index contributed by atoms with van der Waals surface area (Å²) in [6, 6.07) is 8.51. The number of aromatic nitrogens is 1. The van der Waals surface area contributed by atoms with Crippen LogP contribution >= 0.6 is 0 Å². The molecule has 1 aliphatic heterocycles. The van der Waals surface area contributed by atoms with Crippen molar-refractivity contribution in [1.82, 2.24) is 9.88 Å². The van der Waals surface area contributed by atoms with Crippen LogP contribution in [-0.2, 0) is 23.0 Å². The zero-order chi connectivity index (χ0) is 14.8. The number of carbonyl (C=O) groups excluding carboxylic acids is 1. The molecule has 4 nitrogen and oxygen atoms in total. The van der Waals surface area contributed by atoms with Crippen LogP contribution in [0.3, 0.4) is 0 Å². The Labute approximate surface area is 125 Å². The maximum Gasteiger partial charge on any atom is 0.225 e. The van der Waals surface area contributed by atoms with Crippen molar-refractivity contribution < 1.29 is 9.53 Å². The lowest BCUT2D eigenvalue weighted by Gasteiger charge is -2.16. The smallest absolute Gasteiger partial charge is 0.225 e. The number of ether oxygens (including phenoxy) is 1. The van der Waals surface area contributed by atoms with Gasteiger partial charge >= 0.3 is 0 Å². The monoisotopic (exact) mass is 286 g/mol. The zero-order valence-electron chi connectivity index (χ0n) is 12.6. The molecule has 1 fully saturated rings. The molecule has 1 aromatic heterocycles. The number of carbonyl (C=O) groups is 1. The maximum absolute atomic E-state index is 12.1. The first-order valence-electron chi connectivity index (χ1n) is 7.56. The second-order valence-corrected chi connectivity index (χ2v) is 5.96. The summed E-state index contributed by atoms with van der Waals surface area (Å²) in [5.74, 6) is 0.153. The van der Waals surface area contributed by atoms with Crippen LogP contribution in [0.2, 0.25) is 0 Å². The van der Waals surface area contributed by atoms with Crippen molar-refractivity contribution in [3.8, 4) is 0 Å². The molecule has 0 spiro atoms. The van der Waals surface area contributed by atoms with Crippen LogP contribution in [-0.4, -0.2) is 29.7 Å². The standard InChI is InChI=1S/C17H22N2O2/c1-12(18-17(20)13-7-8-21-11-13)9-14-10-19(2)16-6-4-3-5-15(14)16/h3-6,10,12-13H,7-9,11H2,1-2H3,(H,18,20). The zero-order valence-corrected chi connectivity index (χ0v) is 12.6. The summed E-state index contributed by atoms with van der Waals surface area (Å²) in [7, 11) is 2.06. The van der Waals surface area contributed by atoms with Gasteiger partial charge in [0, 0.05) is 36.8 Å². The minimum atomic E-state index is 0.0277. The fraction of sp³-hybridized carbons (Fsp3) is 0.471. The van der Waals surface area contributed by atoms with E-state index in [0.29, 0.717) is 13.2 Å². The Balaban J connectivity index is 1.68. The Bertz CT molecular complexity index is 641. The van der Waals surface area contributed by atoms with Gasteiger partial charge in [-0.1, -0.05) is 18.2 Å². The van der Waals surface area contributed by atoms with E-state index in [-0.39, 0.29) is 17.9 Å². The van der Waals surface area contributed by atoms with Crippen molar-refractivity contribution >= 4 is 16.8 Å². The summed E-state index contributed by atoms with van der Waals surface area (Å²) in [6.45, 7) is 3.33. The number of aryl methyl sites for hydroxylation is 1. The van der Waals surface area contributed by atoms with Crippen LogP contribution in [0.5, 0.6) is 0 Å². The average Bonchev–Trinajstić information content (AvgIpc) is 3.09. The van der Waals surface area contributed by atoms with Crippen molar-refractivity contribution in [3.63, 3.8) is 0 Å². The first-order chi connectivity index (χ1) is 10.1. The third kappa shape index (κ3) is 2.95. The second-order valence-electron chi connectivity index (χ2n) is 5.96. The number of benzene rings is 1. The van der Waals surface area contributed by atoms with Crippen molar-refractivity contribution in [2.45, 2.75) is 25.8 Å². The molecule has 21 heavy (non-hydrogen) atoms. The predicted octanol–water partition coefficient (Wildman–Crippen LogP) is 2.26. The van der Waals surface area contributed by atoms with Gasteiger partial charge in [0.1, 0.15) is 0 Å². The highest BCUT2D eigenvalue weighted by Crippen LogP contribution is 2.21. The van der Waals surface area contributed by atoms with Gasteiger partial charge in [0.2, 0.25) is 5.91 Å². The summed E-state index contributed by atoms with van der Waals surface area (Å²) < 4.78 is 7.42. The molecule has 3 rings (SSSR count). The predicted molar refractivity (Wildman–Crippen MR) is 83.2 cm³/mol. The first-order valence-corrected chi connectivity index (χ1v) is 7.56. The molecular formula is C17H22N2O2. The van der Waals surface area contributed by atoms with Gasteiger partial charge in [-0.3, -0.25) is 4.79 Å². The van der Waals surface area contributed by atoms with Gasteiger partial charge in [-0.05, 0) is 31.4 Å². The number of nitrogens with one attached hydrogen (secondary N) is 1. The Morgan fingerprint density at radius 1 is 1.48 bits per heavy atom. The van der Waals surface area contributed by atoms with E-state index in [2.05, 4.69) is 54.3 Å². The molecule has 0 aliphatic carbocycles. The molecule has 1 aliphatic rings. The van der Waals surface area contributed by atoms with Crippen LogP contribution in [0.15, 0.2) is 30.5 Å². The molecule has 2 unspecified atom stereocenters. The molecule has 2 atom stereocenters. The van der Waals surface area contributed by atoms with E-state index in [1.165, 1.54) is 16.5 Å². The lowest BCUT2D eigenvalue weighted by Crippen LogP contribution is -2.38. The fourth-order valence-corrected chi connectivity index (χ4v) is 3.07. The highest BCUT2D eigenvalue weighted by atomic mass is 16.5. The van der Waals surface area contributed by atoms with Crippen LogP contribution in [0.1, 0.15) is 18.9 Å². The van der Waals surface area contributed by atoms with Crippen molar-refractivity contribution in [3.05, 3.63) is 36.0 Å². The van der Waals surface area contributed by atoms with Crippen LogP contribution in [0.25, 0.3) is 10.9 Å². The van der Waals surface area contributed by atoms with Gasteiger partial charge in [-0.15, -0.1) is 0 Å². The summed E-state index contributed by atoms with van der Waals surface area (Å²) >= 11 is 0. The number of hydrogen-bond acceptors (Lipinski definition) is 2. The fourth-order valence-electron chi connectivity index (χ4n) is 3.07. The Hall–Kier alpha value is -1.81. The molecule has 112 valence electrons. The lowest BCUT2D eigenvalue weighted by atomic mass is 10.0. The summed E-state index contributed by atoms with van der Waals surface area (Å²) in [5, 5.41) is 4.38. The van der Waals surface area contributed by atoms with E-state index in [0.717, 1.165) is 12.8 Å². The summed E-state index contributed by atoms with van der Waals surface area (Å²) in [6.07, 6.45) is 3.85. The van der Waals surface area contributed by atoms with E-state index >= 15 is 0 Å². The van der Waals surface area contributed by atoms with Crippen LogP contribution in [0, 0.1) is 5.92 Å². The normalized spacial score (nSPS) is 19.8. The summed E-state index contributed by atoms with van der Waals surface area (Å²) in [5.41, 5.74) is 2.51. The number of nitrogens with zero attached hydrogens (tertiary/aromatic N) is 1. The van der Waals surface area contributed by atoms with E-state index in [4.69, 9.17) is 4.74 Å². The quantitative estimate of drug-likeness (QED) is 0.937. The Kier molecular flexibility index (Phi) is 3.97. The topological polar surface area (TPSA) is 43.3 Å². The number of para-hydroxylation sites is 1. The van der Waals surface area contributed by atoms with Crippen LogP contribution < -0.4 is 5.32 Å². The van der Waals surface area contributed by atoms with E-state index in [1.807, 2.05) is 0 Å². The third-order valence-corrected chi connectivity index (χ3v) is 4.19. The molecule has 4 heteroatoms. The molecule has 2 aromatic rings. The summed E-state index contributed by atoms with van der Waals surface area (Å²) in [4.78, 5) is 12.1. The van der Waals surface area contributed by atoms with Gasteiger partial charge in [0.05, 0.1) is 12.5 Å². The third-order valence-electron chi connectivity index (χ3n) is 4.19. The molecule has 1 amide bonds. The maximum atomic E-state index is 12.1. The molecule has 1 N–H and O–H groups in total. The minimum absolute atomic E-state index is 0.0277. The van der Waals surface area contributed by atoms with Gasteiger partial charge in [-0.2, -0.15) is 0 Å². The van der Waals surface area contributed by atoms with Crippen molar-refractivity contribution in [1.29, 1.82) is 0 Å². The highest BCUT2D eigenvalue weighted by Gasteiger charge is 2.24.